The zero-order valence-electron chi connectivity index (χ0n) is 2.20. The first kappa shape index (κ1) is 24.7. The van der Waals surface area contributed by atoms with E-state index in [2.05, 4.69) is 0 Å². The minimum absolute atomic E-state index is 0. The molecule has 0 aliphatic heterocycles. The van der Waals surface area contributed by atoms with Gasteiger partial charge in [0.2, 0.25) is 0 Å². The van der Waals surface area contributed by atoms with Crippen LogP contribution in [-0.4, -0.2) is 55.3 Å². The molecular weight excluding hydrogens is 384 g/mol. The summed E-state index contributed by atoms with van der Waals surface area (Å²) in [5.41, 5.74) is 0. The first-order chi connectivity index (χ1) is 1.00. The first-order valence-electron chi connectivity index (χ1n) is 0.577. The van der Waals surface area contributed by atoms with E-state index in [4.69, 9.17) is 0 Å². The van der Waals surface area contributed by atoms with E-state index in [0.29, 0.717) is 0 Å². The molecule has 0 aromatic rings. The fraction of sp³-hybridized carbons (Fsp3) is 0. The maximum absolute atomic E-state index is 1.49. The Morgan fingerprint density at radius 1 is 1.20 bits per heavy atom. The molecule has 0 unspecified atom stereocenters. The number of hydrogen-bond acceptors (Lipinski definition) is 0. The molecule has 0 aliphatic carbocycles. The van der Waals surface area contributed by atoms with Crippen LogP contribution in [0.2, 0.25) is 0 Å². The quantitative estimate of drug-likeness (QED) is 0.386. The van der Waals surface area contributed by atoms with Gasteiger partial charge in [-0.1, -0.05) is 0 Å². The van der Waals surface area contributed by atoms with Crippen LogP contribution in [0.25, 0.3) is 0 Å². The van der Waals surface area contributed by atoms with E-state index in [1.54, 1.807) is 0 Å². The topological polar surface area (TPSA) is 0 Å². The molecule has 0 fully saturated rings. The van der Waals surface area contributed by atoms with Gasteiger partial charge in [-0.15, -0.1) is 0 Å². The van der Waals surface area contributed by atoms with E-state index >= 15 is 0 Å². The zero-order chi connectivity index (χ0) is 2.00. The average molecular weight is 391 g/mol. The van der Waals surface area contributed by atoms with Crippen LogP contribution in [0.4, 0.5) is 0 Å². The van der Waals surface area contributed by atoms with E-state index in [1.165, 1.54) is 29.5 Å². The van der Waals surface area contributed by atoms with Crippen LogP contribution < -0.4 is 0 Å². The van der Waals surface area contributed by atoms with Crippen LogP contribution in [0.5, 0.6) is 0 Å². The summed E-state index contributed by atoms with van der Waals surface area (Å²) >= 11 is 1.49. The Balaban J connectivity index is -0.00000000167. The minimum atomic E-state index is 0. The fourth-order valence-electron chi connectivity index (χ4n) is 0. The van der Waals surface area contributed by atoms with Gasteiger partial charge in [-0.05, 0) is 0 Å². The molecule has 5 heteroatoms. The summed E-state index contributed by atoms with van der Waals surface area (Å²) in [4.78, 5) is 0. The second kappa shape index (κ2) is 28.6. The molecule has 0 spiro atoms. The molecule has 0 bridgehead atoms. The molecule has 3 radical (unpaired) electrons. The number of rotatable bonds is 0. The Kier molecular flexibility index (Phi) is 141. The second-order valence-electron chi connectivity index (χ2n) is 0. The van der Waals surface area contributed by atoms with Gasteiger partial charge in [-0.2, -0.15) is 0 Å². The van der Waals surface area contributed by atoms with Gasteiger partial charge in [0.25, 0.3) is 0 Å². The van der Waals surface area contributed by atoms with Crippen molar-refractivity contribution in [3.63, 3.8) is 0 Å². The predicted octanol–water partition coefficient (Wildman–Crippen LogP) is -3.02. The standard InChI is InChI=1S/Cu.In.Ni.H3Si.Sn.4H/h;;;1H3;;;;;. The van der Waals surface area contributed by atoms with Gasteiger partial charge in [-0.25, -0.2) is 0 Å². The van der Waals surface area contributed by atoms with Crippen LogP contribution in [0.3, 0.4) is 0 Å². The Bertz CT molecular complexity index is 11.6. The van der Waals surface area contributed by atoms with Crippen molar-refractivity contribution in [2.24, 2.45) is 0 Å². The summed E-state index contributed by atoms with van der Waals surface area (Å²) < 4.78 is 0. The fourth-order valence-corrected chi connectivity index (χ4v) is 0. The molecule has 0 atom stereocenters. The average Bonchev–Trinajstić information content (AvgIpc) is 1.00. The Morgan fingerprint density at radius 2 is 1.20 bits per heavy atom. The molecule has 0 aromatic heterocycles. The molecule has 0 N–H and O–H groups in total. The van der Waals surface area contributed by atoms with Crippen LogP contribution in [0.15, 0.2) is 0 Å². The number of hydrogen-bond donors (Lipinski definition) is 0. The molecule has 0 nitrogen and oxygen atoms in total. The summed E-state index contributed by atoms with van der Waals surface area (Å²) in [7, 11) is 1.44. The predicted molar refractivity (Wildman–Crippen MR) is 27.0 cm³/mol. The normalized spacial score (nSPS) is 1.80. The molecule has 0 amide bonds. The van der Waals surface area contributed by atoms with E-state index in [-0.39, 0.29) is 59.4 Å². The summed E-state index contributed by atoms with van der Waals surface area (Å²) in [6.07, 6.45) is 0. The van der Waals surface area contributed by atoms with Crippen molar-refractivity contribution in [2.75, 3.05) is 0 Å². The van der Waals surface area contributed by atoms with Crippen molar-refractivity contribution in [3.8, 4) is 0 Å². The molecule has 39 valence electrons. The van der Waals surface area contributed by atoms with Gasteiger partial charge >= 0.3 is 55.3 Å². The molecule has 5 heavy (non-hydrogen) atoms. The third-order valence-electron chi connectivity index (χ3n) is 0. The summed E-state index contributed by atoms with van der Waals surface area (Å²) in [6, 6.07) is 0. The van der Waals surface area contributed by atoms with Crippen molar-refractivity contribution in [1.29, 1.82) is 0 Å². The van der Waals surface area contributed by atoms with Crippen molar-refractivity contribution in [3.05, 3.63) is 0 Å². The Labute approximate surface area is 87.4 Å². The summed E-state index contributed by atoms with van der Waals surface area (Å²) in [5, 5.41) is 0. The van der Waals surface area contributed by atoms with Crippen molar-refractivity contribution in [1.82, 2.24) is 0 Å². The molecular formula is H7CuInNiSiSn. The molecule has 0 aliphatic rings. The van der Waals surface area contributed by atoms with Crippen molar-refractivity contribution >= 4 is 55.3 Å². The van der Waals surface area contributed by atoms with E-state index in [9.17, 15) is 0 Å². The third kappa shape index (κ3) is 19.7. The summed E-state index contributed by atoms with van der Waals surface area (Å²) in [6.45, 7) is 0. The molecule has 0 saturated heterocycles. The van der Waals surface area contributed by atoms with E-state index < -0.39 is 0 Å². The van der Waals surface area contributed by atoms with Crippen molar-refractivity contribution < 1.29 is 33.6 Å². The van der Waals surface area contributed by atoms with Crippen molar-refractivity contribution in [2.45, 2.75) is 0 Å². The van der Waals surface area contributed by atoms with Gasteiger partial charge < -0.3 is 0 Å². The van der Waals surface area contributed by atoms with Gasteiger partial charge in [0.1, 0.15) is 0 Å². The molecule has 0 saturated carbocycles. The second-order valence-corrected chi connectivity index (χ2v) is 0. The first-order valence-corrected chi connectivity index (χ1v) is 11.6. The Hall–Kier alpha value is 2.90. The SMILES string of the molecule is [Cu].[InH3].[Ni].[SiH3][SnH]. The van der Waals surface area contributed by atoms with Gasteiger partial charge in [0.05, 0.1) is 0 Å². The molecule has 0 rings (SSSR count). The zero-order valence-corrected chi connectivity index (χ0v) is 9.42. The summed E-state index contributed by atoms with van der Waals surface area (Å²) in [5.74, 6) is 0. The molecule has 0 aromatic carbocycles. The molecule has 0 heterocycles. The monoisotopic (exact) mass is 391 g/mol. The van der Waals surface area contributed by atoms with E-state index in [0.717, 1.165) is 0 Å². The van der Waals surface area contributed by atoms with E-state index in [1.807, 2.05) is 0 Å². The van der Waals surface area contributed by atoms with Gasteiger partial charge in [-0.3, -0.25) is 0 Å². The van der Waals surface area contributed by atoms with Gasteiger partial charge in [0, 0.05) is 33.6 Å². The van der Waals surface area contributed by atoms with Crippen LogP contribution in [-0.2, 0) is 33.6 Å². The third-order valence-corrected chi connectivity index (χ3v) is 0. The van der Waals surface area contributed by atoms with Gasteiger partial charge in [0.15, 0.2) is 0 Å². The Morgan fingerprint density at radius 3 is 1.20 bits per heavy atom. The van der Waals surface area contributed by atoms with Crippen LogP contribution in [0, 0.1) is 0 Å². The van der Waals surface area contributed by atoms with Crippen LogP contribution >= 0.6 is 0 Å². The van der Waals surface area contributed by atoms with Crippen LogP contribution in [0.1, 0.15) is 0 Å². The maximum atomic E-state index is 1.49.